The van der Waals surface area contributed by atoms with Crippen molar-refractivity contribution in [3.63, 3.8) is 0 Å². The van der Waals surface area contributed by atoms with Gasteiger partial charge in [-0.3, -0.25) is 4.79 Å². The first-order chi connectivity index (χ1) is 9.78. The Hall–Kier alpha value is -2.61. The van der Waals surface area contributed by atoms with Crippen LogP contribution < -0.4 is 5.32 Å². The molecule has 1 amide bonds. The molecule has 0 radical (unpaired) electrons. The van der Waals surface area contributed by atoms with Gasteiger partial charge in [0.05, 0.1) is 11.6 Å². The summed E-state index contributed by atoms with van der Waals surface area (Å²) in [4.78, 5) is 12.2. The maximum absolute atomic E-state index is 12.2. The Kier molecular flexibility index (Phi) is 3.21. The van der Waals surface area contributed by atoms with Gasteiger partial charge in [0.2, 0.25) is 0 Å². The molecule has 0 fully saturated rings. The zero-order chi connectivity index (χ0) is 13.9. The molecule has 1 aromatic heterocycles. The molecule has 1 heterocycles. The number of amides is 1. The molecule has 5 heteroatoms. The fourth-order valence-corrected chi connectivity index (χ4v) is 2.38. The molecule has 0 saturated carbocycles. The second-order valence-corrected chi connectivity index (χ2v) is 4.78. The van der Waals surface area contributed by atoms with E-state index in [0.717, 1.165) is 37.0 Å². The lowest BCUT2D eigenvalue weighted by molar-refractivity contribution is 0.101. The van der Waals surface area contributed by atoms with Crippen LogP contribution in [0, 0.1) is 11.3 Å². The van der Waals surface area contributed by atoms with Crippen molar-refractivity contribution in [2.75, 3.05) is 5.32 Å². The number of nitriles is 1. The summed E-state index contributed by atoms with van der Waals surface area (Å²) in [6.45, 7) is 0. The van der Waals surface area contributed by atoms with Gasteiger partial charge >= 0.3 is 0 Å². The van der Waals surface area contributed by atoms with Gasteiger partial charge in [-0.1, -0.05) is 5.16 Å². The molecule has 0 spiro atoms. The second kappa shape index (κ2) is 5.17. The summed E-state index contributed by atoms with van der Waals surface area (Å²) in [5.74, 6) is 0.572. The highest BCUT2D eigenvalue weighted by Gasteiger charge is 2.23. The van der Waals surface area contributed by atoms with E-state index in [2.05, 4.69) is 10.5 Å². The van der Waals surface area contributed by atoms with Crippen LogP contribution in [0.2, 0.25) is 0 Å². The van der Waals surface area contributed by atoms with Crippen molar-refractivity contribution in [1.29, 1.82) is 5.26 Å². The molecule has 0 saturated heterocycles. The van der Waals surface area contributed by atoms with E-state index in [0.29, 0.717) is 16.9 Å². The van der Waals surface area contributed by atoms with E-state index in [1.807, 2.05) is 6.07 Å². The van der Waals surface area contributed by atoms with Crippen molar-refractivity contribution in [2.24, 2.45) is 0 Å². The van der Waals surface area contributed by atoms with E-state index < -0.39 is 0 Å². The minimum Gasteiger partial charge on any atom is -0.360 e. The molecule has 3 rings (SSSR count). The van der Waals surface area contributed by atoms with Gasteiger partial charge in [-0.2, -0.15) is 5.26 Å². The molecule has 1 aliphatic rings. The highest BCUT2D eigenvalue weighted by atomic mass is 16.5. The lowest BCUT2D eigenvalue weighted by atomic mass is 9.96. The number of anilines is 1. The number of carbonyl (C=O) groups excluding carboxylic acids is 1. The van der Waals surface area contributed by atoms with Crippen molar-refractivity contribution in [1.82, 2.24) is 5.16 Å². The minimum absolute atomic E-state index is 0.262. The molecule has 5 nitrogen and oxygen atoms in total. The molecule has 0 atom stereocenters. The lowest BCUT2D eigenvalue weighted by Crippen LogP contribution is -2.15. The average Bonchev–Trinajstić information content (AvgIpc) is 2.92. The number of carbonyl (C=O) groups is 1. The zero-order valence-electron chi connectivity index (χ0n) is 10.8. The quantitative estimate of drug-likeness (QED) is 0.907. The molecular weight excluding hydrogens is 254 g/mol. The van der Waals surface area contributed by atoms with Crippen LogP contribution in [-0.4, -0.2) is 11.1 Å². The minimum atomic E-state index is -0.262. The first-order valence-electron chi connectivity index (χ1n) is 6.57. The Morgan fingerprint density at radius 1 is 1.25 bits per heavy atom. The average molecular weight is 267 g/mol. The highest BCUT2D eigenvalue weighted by molar-refractivity contribution is 6.03. The van der Waals surface area contributed by atoms with Crippen LogP contribution in [0.15, 0.2) is 28.8 Å². The molecule has 1 aromatic carbocycles. The number of aromatic nitrogens is 1. The number of rotatable bonds is 2. The Morgan fingerprint density at radius 2 is 2.00 bits per heavy atom. The summed E-state index contributed by atoms with van der Waals surface area (Å²) in [7, 11) is 0. The van der Waals surface area contributed by atoms with Crippen LogP contribution in [-0.2, 0) is 12.8 Å². The third-order valence-corrected chi connectivity index (χ3v) is 3.44. The van der Waals surface area contributed by atoms with Crippen molar-refractivity contribution in [2.45, 2.75) is 25.7 Å². The molecule has 0 aliphatic heterocycles. The van der Waals surface area contributed by atoms with Gasteiger partial charge in [-0.25, -0.2) is 0 Å². The van der Waals surface area contributed by atoms with Crippen LogP contribution in [0.1, 0.15) is 40.2 Å². The predicted molar refractivity (Wildman–Crippen MR) is 72.3 cm³/mol. The Bertz CT molecular complexity index is 680. The van der Waals surface area contributed by atoms with E-state index in [9.17, 15) is 4.79 Å². The van der Waals surface area contributed by atoms with Gasteiger partial charge < -0.3 is 9.84 Å². The van der Waals surface area contributed by atoms with E-state index in [1.165, 1.54) is 0 Å². The van der Waals surface area contributed by atoms with Crippen molar-refractivity contribution in [3.8, 4) is 6.07 Å². The van der Waals surface area contributed by atoms with Crippen LogP contribution in [0.5, 0.6) is 0 Å². The number of benzene rings is 1. The topological polar surface area (TPSA) is 78.9 Å². The summed E-state index contributed by atoms with van der Waals surface area (Å²) >= 11 is 0. The predicted octanol–water partition coefficient (Wildman–Crippen LogP) is 2.68. The van der Waals surface area contributed by atoms with Gasteiger partial charge in [0.1, 0.15) is 5.76 Å². The normalized spacial score (nSPS) is 13.3. The number of hydrogen-bond donors (Lipinski definition) is 1. The molecule has 1 aliphatic carbocycles. The third kappa shape index (κ3) is 2.28. The van der Waals surface area contributed by atoms with Gasteiger partial charge in [0.15, 0.2) is 5.69 Å². The van der Waals surface area contributed by atoms with Crippen LogP contribution in [0.25, 0.3) is 0 Å². The lowest BCUT2D eigenvalue weighted by Gasteiger charge is -2.09. The number of fused-ring (bicyclic) bond motifs is 1. The first kappa shape index (κ1) is 12.4. The standard InChI is InChI=1S/C15H13N3O2/c16-9-10-5-7-11(8-6-10)17-15(19)14-12-3-1-2-4-13(12)20-18-14/h5-8H,1-4H2,(H,17,19). The van der Waals surface area contributed by atoms with Gasteiger partial charge in [-0.15, -0.1) is 0 Å². The molecule has 20 heavy (non-hydrogen) atoms. The first-order valence-corrected chi connectivity index (χ1v) is 6.57. The van der Waals surface area contributed by atoms with Gasteiger partial charge in [0.25, 0.3) is 5.91 Å². The molecule has 1 N–H and O–H groups in total. The number of aryl methyl sites for hydroxylation is 1. The van der Waals surface area contributed by atoms with Crippen molar-refractivity contribution < 1.29 is 9.32 Å². The maximum Gasteiger partial charge on any atom is 0.278 e. The van der Waals surface area contributed by atoms with Crippen LogP contribution in [0.3, 0.4) is 0 Å². The van der Waals surface area contributed by atoms with Gasteiger partial charge in [0, 0.05) is 17.7 Å². The zero-order valence-corrected chi connectivity index (χ0v) is 10.8. The van der Waals surface area contributed by atoms with Crippen molar-refractivity contribution >= 4 is 11.6 Å². The third-order valence-electron chi connectivity index (χ3n) is 3.44. The summed E-state index contributed by atoms with van der Waals surface area (Å²) in [5, 5.41) is 15.4. The van der Waals surface area contributed by atoms with E-state index >= 15 is 0 Å². The maximum atomic E-state index is 12.2. The van der Waals surface area contributed by atoms with E-state index in [-0.39, 0.29) is 5.91 Å². The summed E-state index contributed by atoms with van der Waals surface area (Å²) in [6.07, 6.45) is 3.84. The molecular formula is C15H13N3O2. The smallest absolute Gasteiger partial charge is 0.278 e. The van der Waals surface area contributed by atoms with E-state index in [4.69, 9.17) is 9.78 Å². The van der Waals surface area contributed by atoms with Gasteiger partial charge in [-0.05, 0) is 43.5 Å². The Balaban J connectivity index is 1.79. The molecule has 2 aromatic rings. The fraction of sp³-hybridized carbons (Fsp3) is 0.267. The summed E-state index contributed by atoms with van der Waals surface area (Å²) in [5.41, 5.74) is 2.51. The number of nitrogens with zero attached hydrogens (tertiary/aromatic N) is 2. The summed E-state index contributed by atoms with van der Waals surface area (Å²) < 4.78 is 5.23. The number of nitrogens with one attached hydrogen (secondary N) is 1. The largest absolute Gasteiger partial charge is 0.360 e. The molecule has 0 unspecified atom stereocenters. The summed E-state index contributed by atoms with van der Waals surface area (Å²) in [6, 6.07) is 8.75. The van der Waals surface area contributed by atoms with Crippen LogP contribution in [0.4, 0.5) is 5.69 Å². The Morgan fingerprint density at radius 3 is 2.75 bits per heavy atom. The second-order valence-electron chi connectivity index (χ2n) is 4.78. The molecule has 0 bridgehead atoms. The van der Waals surface area contributed by atoms with Crippen molar-refractivity contribution in [3.05, 3.63) is 46.8 Å². The molecule has 100 valence electrons. The monoisotopic (exact) mass is 267 g/mol. The highest BCUT2D eigenvalue weighted by Crippen LogP contribution is 2.24. The fourth-order valence-electron chi connectivity index (χ4n) is 2.38. The Labute approximate surface area is 116 Å². The van der Waals surface area contributed by atoms with E-state index in [1.54, 1.807) is 24.3 Å². The number of hydrogen-bond acceptors (Lipinski definition) is 4. The SMILES string of the molecule is N#Cc1ccc(NC(=O)c2noc3c2CCCC3)cc1. The van der Waals surface area contributed by atoms with Crippen LogP contribution >= 0.6 is 0 Å².